The van der Waals surface area contributed by atoms with Gasteiger partial charge in [-0.05, 0) is 36.2 Å². The molecule has 0 saturated carbocycles. The van der Waals surface area contributed by atoms with Gasteiger partial charge < -0.3 is 15.7 Å². The summed E-state index contributed by atoms with van der Waals surface area (Å²) in [7, 11) is 0. The molecule has 0 saturated heterocycles. The number of urea groups is 1. The summed E-state index contributed by atoms with van der Waals surface area (Å²) in [6.45, 7) is 4.00. The summed E-state index contributed by atoms with van der Waals surface area (Å²) < 4.78 is 0. The van der Waals surface area contributed by atoms with Crippen LogP contribution in [-0.2, 0) is 0 Å². The van der Waals surface area contributed by atoms with Crippen LogP contribution < -0.4 is 10.6 Å². The summed E-state index contributed by atoms with van der Waals surface area (Å²) in [5.41, 5.74) is 0.838. The number of carbonyl (C=O) groups is 1. The van der Waals surface area contributed by atoms with Crippen LogP contribution in [0.3, 0.4) is 0 Å². The molecule has 0 fully saturated rings. The largest absolute Gasteiger partial charge is 0.387 e. The summed E-state index contributed by atoms with van der Waals surface area (Å²) >= 11 is 1.52. The fourth-order valence-corrected chi connectivity index (χ4v) is 1.79. The smallest absolute Gasteiger partial charge is 0.315 e. The Bertz CT molecular complexity index is 298. The number of amides is 2. The van der Waals surface area contributed by atoms with Crippen LogP contribution in [0.4, 0.5) is 4.79 Å². The zero-order chi connectivity index (χ0) is 11.3. The van der Waals surface area contributed by atoms with Gasteiger partial charge in [0.25, 0.3) is 0 Å². The predicted molar refractivity (Wildman–Crippen MR) is 60.9 cm³/mol. The van der Waals surface area contributed by atoms with Crippen molar-refractivity contribution in [2.24, 2.45) is 0 Å². The maximum Gasteiger partial charge on any atom is 0.315 e. The van der Waals surface area contributed by atoms with Gasteiger partial charge in [-0.15, -0.1) is 0 Å². The SMILES string of the molecule is CC(C)NC(=O)NCC(O)c1ccsc1. The molecule has 1 heterocycles. The molecule has 1 aromatic rings. The number of hydrogen-bond acceptors (Lipinski definition) is 3. The van der Waals surface area contributed by atoms with Gasteiger partial charge in [0, 0.05) is 12.6 Å². The standard InChI is InChI=1S/C10H16N2O2S/c1-7(2)12-10(14)11-5-9(13)8-3-4-15-6-8/h3-4,6-7,9,13H,5H2,1-2H3,(H2,11,12,14). The Morgan fingerprint density at radius 3 is 2.87 bits per heavy atom. The lowest BCUT2D eigenvalue weighted by atomic mass is 10.2. The van der Waals surface area contributed by atoms with Crippen molar-refractivity contribution in [3.8, 4) is 0 Å². The first kappa shape index (κ1) is 12.0. The molecule has 0 bridgehead atoms. The fourth-order valence-electron chi connectivity index (χ4n) is 1.09. The zero-order valence-electron chi connectivity index (χ0n) is 8.86. The van der Waals surface area contributed by atoms with Crippen molar-refractivity contribution < 1.29 is 9.90 Å². The molecular weight excluding hydrogens is 212 g/mol. The van der Waals surface area contributed by atoms with Crippen molar-refractivity contribution in [1.29, 1.82) is 0 Å². The number of thiophene rings is 1. The van der Waals surface area contributed by atoms with E-state index in [2.05, 4.69) is 10.6 Å². The zero-order valence-corrected chi connectivity index (χ0v) is 9.67. The number of nitrogens with one attached hydrogen (secondary N) is 2. The molecule has 0 aliphatic heterocycles. The van der Waals surface area contributed by atoms with Crippen LogP contribution in [-0.4, -0.2) is 23.7 Å². The molecule has 0 spiro atoms. The van der Waals surface area contributed by atoms with Crippen LogP contribution in [0.2, 0.25) is 0 Å². The highest BCUT2D eigenvalue weighted by Crippen LogP contribution is 2.14. The summed E-state index contributed by atoms with van der Waals surface area (Å²) in [5, 5.41) is 18.7. The third-order valence-corrected chi connectivity index (χ3v) is 2.51. The first-order valence-electron chi connectivity index (χ1n) is 4.84. The van der Waals surface area contributed by atoms with Gasteiger partial charge in [-0.3, -0.25) is 0 Å². The molecular formula is C10H16N2O2S. The van der Waals surface area contributed by atoms with Gasteiger partial charge in [-0.25, -0.2) is 4.79 Å². The van der Waals surface area contributed by atoms with Crippen molar-refractivity contribution in [1.82, 2.24) is 10.6 Å². The van der Waals surface area contributed by atoms with Crippen molar-refractivity contribution >= 4 is 17.4 Å². The maximum absolute atomic E-state index is 11.2. The van der Waals surface area contributed by atoms with E-state index in [4.69, 9.17) is 0 Å². The minimum Gasteiger partial charge on any atom is -0.387 e. The van der Waals surface area contributed by atoms with Crippen LogP contribution in [0.25, 0.3) is 0 Å². The monoisotopic (exact) mass is 228 g/mol. The summed E-state index contributed by atoms with van der Waals surface area (Å²) in [4.78, 5) is 11.2. The molecule has 0 radical (unpaired) electrons. The summed E-state index contributed by atoms with van der Waals surface area (Å²) in [5.74, 6) is 0. The van der Waals surface area contributed by atoms with Gasteiger partial charge in [-0.1, -0.05) is 0 Å². The van der Waals surface area contributed by atoms with E-state index in [0.717, 1.165) is 5.56 Å². The van der Waals surface area contributed by atoms with E-state index in [-0.39, 0.29) is 18.6 Å². The van der Waals surface area contributed by atoms with Crippen LogP contribution in [0.5, 0.6) is 0 Å². The molecule has 0 aromatic carbocycles. The van der Waals surface area contributed by atoms with Crippen molar-refractivity contribution in [2.75, 3.05) is 6.54 Å². The molecule has 0 aliphatic rings. The van der Waals surface area contributed by atoms with Crippen molar-refractivity contribution in [3.05, 3.63) is 22.4 Å². The Morgan fingerprint density at radius 1 is 1.60 bits per heavy atom. The van der Waals surface area contributed by atoms with Gasteiger partial charge in [0.05, 0.1) is 6.10 Å². The van der Waals surface area contributed by atoms with E-state index in [1.165, 1.54) is 11.3 Å². The Balaban J connectivity index is 2.28. The Kier molecular flexibility index (Phi) is 4.58. The van der Waals surface area contributed by atoms with E-state index >= 15 is 0 Å². The molecule has 2 amide bonds. The van der Waals surface area contributed by atoms with E-state index in [9.17, 15) is 9.90 Å². The summed E-state index contributed by atoms with van der Waals surface area (Å²) in [6.07, 6.45) is -0.630. The van der Waals surface area contributed by atoms with Gasteiger partial charge in [0.15, 0.2) is 0 Å². The second-order valence-electron chi connectivity index (χ2n) is 3.58. The van der Waals surface area contributed by atoms with Crippen molar-refractivity contribution in [2.45, 2.75) is 26.0 Å². The molecule has 1 aromatic heterocycles. The molecule has 5 heteroatoms. The molecule has 84 valence electrons. The van der Waals surface area contributed by atoms with E-state index < -0.39 is 6.10 Å². The van der Waals surface area contributed by atoms with E-state index in [1.807, 2.05) is 30.7 Å². The second-order valence-corrected chi connectivity index (χ2v) is 4.36. The van der Waals surface area contributed by atoms with Gasteiger partial charge in [-0.2, -0.15) is 11.3 Å². The van der Waals surface area contributed by atoms with Gasteiger partial charge in [0.1, 0.15) is 0 Å². The highest BCUT2D eigenvalue weighted by Gasteiger charge is 2.09. The molecule has 1 rings (SSSR count). The lowest BCUT2D eigenvalue weighted by molar-refractivity contribution is 0.173. The van der Waals surface area contributed by atoms with Gasteiger partial charge in [0.2, 0.25) is 0 Å². The Morgan fingerprint density at radius 2 is 2.33 bits per heavy atom. The topological polar surface area (TPSA) is 61.4 Å². The molecule has 15 heavy (non-hydrogen) atoms. The highest BCUT2D eigenvalue weighted by atomic mass is 32.1. The van der Waals surface area contributed by atoms with E-state index in [1.54, 1.807) is 0 Å². The Hall–Kier alpha value is -1.07. The van der Waals surface area contributed by atoms with Crippen LogP contribution >= 0.6 is 11.3 Å². The number of carbonyl (C=O) groups excluding carboxylic acids is 1. The van der Waals surface area contributed by atoms with E-state index in [0.29, 0.717) is 0 Å². The highest BCUT2D eigenvalue weighted by molar-refractivity contribution is 7.07. The quantitative estimate of drug-likeness (QED) is 0.731. The molecule has 3 N–H and O–H groups in total. The number of aliphatic hydroxyl groups is 1. The third-order valence-electron chi connectivity index (χ3n) is 1.80. The minimum absolute atomic E-state index is 0.100. The first-order valence-corrected chi connectivity index (χ1v) is 5.78. The normalized spacial score (nSPS) is 12.5. The summed E-state index contributed by atoms with van der Waals surface area (Å²) in [6, 6.07) is 1.69. The Labute approximate surface area is 93.3 Å². The number of hydrogen-bond donors (Lipinski definition) is 3. The average Bonchev–Trinajstić information content (AvgIpc) is 2.65. The minimum atomic E-state index is -0.630. The number of aliphatic hydroxyl groups excluding tert-OH is 1. The average molecular weight is 228 g/mol. The lowest BCUT2D eigenvalue weighted by Crippen LogP contribution is -2.41. The number of rotatable bonds is 4. The van der Waals surface area contributed by atoms with Crippen LogP contribution in [0.1, 0.15) is 25.5 Å². The predicted octanol–water partition coefficient (Wildman–Crippen LogP) is 1.49. The van der Waals surface area contributed by atoms with Gasteiger partial charge >= 0.3 is 6.03 Å². The molecule has 4 nitrogen and oxygen atoms in total. The van der Waals surface area contributed by atoms with Crippen LogP contribution in [0.15, 0.2) is 16.8 Å². The first-order chi connectivity index (χ1) is 7.09. The lowest BCUT2D eigenvalue weighted by Gasteiger charge is -2.13. The maximum atomic E-state index is 11.2. The van der Waals surface area contributed by atoms with Crippen LogP contribution in [0, 0.1) is 0 Å². The third kappa shape index (κ3) is 4.31. The molecule has 1 unspecified atom stereocenters. The fraction of sp³-hybridized carbons (Fsp3) is 0.500. The molecule has 1 atom stereocenters. The molecule has 0 aliphatic carbocycles. The van der Waals surface area contributed by atoms with Crippen molar-refractivity contribution in [3.63, 3.8) is 0 Å². The second kappa shape index (κ2) is 5.72.